The smallest absolute Gasteiger partial charge is 0.324 e. The van der Waals surface area contributed by atoms with E-state index in [2.05, 4.69) is 18.7 Å². The van der Waals surface area contributed by atoms with Crippen molar-refractivity contribution in [3.8, 4) is 0 Å². The Kier molecular flexibility index (Phi) is 3.76. The highest BCUT2D eigenvalue weighted by Gasteiger charge is 2.48. The molecule has 1 aliphatic carbocycles. The third-order valence-corrected chi connectivity index (χ3v) is 4.50. The van der Waals surface area contributed by atoms with Crippen molar-refractivity contribution >= 4 is 5.97 Å². The summed E-state index contributed by atoms with van der Waals surface area (Å²) in [5, 5.41) is 9.62. The van der Waals surface area contributed by atoms with Crippen LogP contribution < -0.4 is 0 Å². The lowest BCUT2D eigenvalue weighted by Gasteiger charge is -2.39. The van der Waals surface area contributed by atoms with Crippen LogP contribution in [-0.4, -0.2) is 34.1 Å². The molecule has 0 aromatic heterocycles. The van der Waals surface area contributed by atoms with E-state index in [-0.39, 0.29) is 0 Å². The minimum absolute atomic E-state index is 0.438. The second-order valence-electron chi connectivity index (χ2n) is 5.91. The van der Waals surface area contributed by atoms with E-state index >= 15 is 0 Å². The predicted molar refractivity (Wildman–Crippen MR) is 68.0 cm³/mol. The van der Waals surface area contributed by atoms with Gasteiger partial charge in [-0.25, -0.2) is 0 Å². The van der Waals surface area contributed by atoms with E-state index in [0.717, 1.165) is 38.1 Å². The molecule has 2 fully saturated rings. The van der Waals surface area contributed by atoms with E-state index in [0.29, 0.717) is 6.04 Å². The summed E-state index contributed by atoms with van der Waals surface area (Å²) in [5.74, 6) is 0.276. The van der Waals surface area contributed by atoms with Crippen molar-refractivity contribution < 1.29 is 9.90 Å². The lowest BCUT2D eigenvalue weighted by molar-refractivity contribution is -0.151. The molecule has 1 N–H and O–H groups in total. The van der Waals surface area contributed by atoms with Crippen molar-refractivity contribution in [1.82, 2.24) is 4.90 Å². The zero-order valence-corrected chi connectivity index (χ0v) is 11.1. The Balaban J connectivity index is 2.08. The summed E-state index contributed by atoms with van der Waals surface area (Å²) in [6.45, 7) is 5.28. The van der Waals surface area contributed by atoms with Crippen molar-refractivity contribution in [1.29, 1.82) is 0 Å². The first kappa shape index (κ1) is 12.9. The van der Waals surface area contributed by atoms with Gasteiger partial charge in [-0.3, -0.25) is 9.69 Å². The Morgan fingerprint density at radius 1 is 1.53 bits per heavy atom. The molecule has 1 saturated carbocycles. The highest BCUT2D eigenvalue weighted by Crippen LogP contribution is 2.40. The first-order chi connectivity index (χ1) is 8.10. The van der Waals surface area contributed by atoms with Gasteiger partial charge < -0.3 is 5.11 Å². The Morgan fingerprint density at radius 3 is 2.76 bits per heavy atom. The van der Waals surface area contributed by atoms with Gasteiger partial charge in [0.15, 0.2) is 0 Å². The Morgan fingerprint density at radius 2 is 2.24 bits per heavy atom. The van der Waals surface area contributed by atoms with Gasteiger partial charge in [0, 0.05) is 6.04 Å². The standard InChI is InChI=1S/C14H25NO2/c1-3-7-14(13(16)17)8-4-9-15(14)11(2)10-12-5-6-12/h11-12H,3-10H2,1-2H3,(H,16,17). The van der Waals surface area contributed by atoms with E-state index in [4.69, 9.17) is 0 Å². The minimum Gasteiger partial charge on any atom is -0.480 e. The van der Waals surface area contributed by atoms with Crippen LogP contribution in [0.5, 0.6) is 0 Å². The third-order valence-electron chi connectivity index (χ3n) is 4.50. The number of carboxylic acids is 1. The van der Waals surface area contributed by atoms with Crippen molar-refractivity contribution in [2.24, 2.45) is 5.92 Å². The monoisotopic (exact) mass is 239 g/mol. The number of carboxylic acid groups (broad SMARTS) is 1. The van der Waals surface area contributed by atoms with Crippen LogP contribution in [0, 0.1) is 5.92 Å². The molecular formula is C14H25NO2. The molecular weight excluding hydrogens is 214 g/mol. The number of carbonyl (C=O) groups is 1. The second kappa shape index (κ2) is 4.97. The Bertz CT molecular complexity index is 288. The first-order valence-electron chi connectivity index (χ1n) is 7.10. The van der Waals surface area contributed by atoms with Gasteiger partial charge in [-0.1, -0.05) is 26.2 Å². The largest absolute Gasteiger partial charge is 0.480 e. The van der Waals surface area contributed by atoms with Crippen LogP contribution in [0.4, 0.5) is 0 Å². The number of rotatable bonds is 6. The molecule has 0 bridgehead atoms. The maximum absolute atomic E-state index is 11.7. The van der Waals surface area contributed by atoms with Crippen LogP contribution in [0.2, 0.25) is 0 Å². The molecule has 0 spiro atoms. The summed E-state index contributed by atoms with van der Waals surface area (Å²) in [6, 6.07) is 0.438. The summed E-state index contributed by atoms with van der Waals surface area (Å²) in [6.07, 6.45) is 7.54. The number of hydrogen-bond acceptors (Lipinski definition) is 2. The van der Waals surface area contributed by atoms with E-state index in [1.54, 1.807) is 0 Å². The van der Waals surface area contributed by atoms with Crippen molar-refractivity contribution in [3.63, 3.8) is 0 Å². The number of hydrogen-bond donors (Lipinski definition) is 1. The number of aliphatic carboxylic acids is 1. The molecule has 2 aliphatic rings. The second-order valence-corrected chi connectivity index (χ2v) is 5.91. The molecule has 2 rings (SSSR count). The molecule has 0 amide bonds. The van der Waals surface area contributed by atoms with Gasteiger partial charge in [-0.05, 0) is 45.1 Å². The van der Waals surface area contributed by atoms with Crippen LogP contribution in [0.1, 0.15) is 58.8 Å². The van der Waals surface area contributed by atoms with Gasteiger partial charge in [-0.2, -0.15) is 0 Å². The maximum Gasteiger partial charge on any atom is 0.324 e. The van der Waals surface area contributed by atoms with Gasteiger partial charge in [-0.15, -0.1) is 0 Å². The molecule has 1 aliphatic heterocycles. The molecule has 2 atom stereocenters. The number of nitrogens with zero attached hydrogens (tertiary/aromatic N) is 1. The van der Waals surface area contributed by atoms with E-state index < -0.39 is 11.5 Å². The maximum atomic E-state index is 11.7. The zero-order chi connectivity index (χ0) is 12.5. The molecule has 17 heavy (non-hydrogen) atoms. The molecule has 0 aromatic rings. The van der Waals surface area contributed by atoms with Gasteiger partial charge in [0.2, 0.25) is 0 Å². The molecule has 3 heteroatoms. The van der Waals surface area contributed by atoms with Crippen molar-refractivity contribution in [2.45, 2.75) is 70.4 Å². The van der Waals surface area contributed by atoms with Crippen LogP contribution in [0.3, 0.4) is 0 Å². The Hall–Kier alpha value is -0.570. The molecule has 1 saturated heterocycles. The summed E-state index contributed by atoms with van der Waals surface area (Å²) < 4.78 is 0. The third kappa shape index (κ3) is 2.49. The minimum atomic E-state index is -0.598. The van der Waals surface area contributed by atoms with Gasteiger partial charge >= 0.3 is 5.97 Å². The lowest BCUT2D eigenvalue weighted by atomic mass is 9.89. The molecule has 1 heterocycles. The average molecular weight is 239 g/mol. The van der Waals surface area contributed by atoms with Crippen LogP contribution in [0.25, 0.3) is 0 Å². The van der Waals surface area contributed by atoms with E-state index in [1.807, 2.05) is 0 Å². The molecule has 98 valence electrons. The van der Waals surface area contributed by atoms with Crippen LogP contribution in [0.15, 0.2) is 0 Å². The molecule has 2 unspecified atom stereocenters. The van der Waals surface area contributed by atoms with Crippen LogP contribution >= 0.6 is 0 Å². The summed E-state index contributed by atoms with van der Waals surface area (Å²) in [7, 11) is 0. The topological polar surface area (TPSA) is 40.5 Å². The van der Waals surface area contributed by atoms with E-state index in [1.165, 1.54) is 19.3 Å². The average Bonchev–Trinajstić information content (AvgIpc) is 2.96. The summed E-state index contributed by atoms with van der Waals surface area (Å²) >= 11 is 0. The number of likely N-dealkylation sites (tertiary alicyclic amines) is 1. The summed E-state index contributed by atoms with van der Waals surface area (Å²) in [4.78, 5) is 14.0. The fourth-order valence-electron chi connectivity index (χ4n) is 3.52. The van der Waals surface area contributed by atoms with Crippen molar-refractivity contribution in [3.05, 3.63) is 0 Å². The SMILES string of the molecule is CCCC1(C(=O)O)CCCN1C(C)CC1CC1. The van der Waals surface area contributed by atoms with Crippen molar-refractivity contribution in [2.75, 3.05) is 6.54 Å². The molecule has 3 nitrogen and oxygen atoms in total. The molecule has 0 radical (unpaired) electrons. The summed E-state index contributed by atoms with van der Waals surface area (Å²) in [5.41, 5.74) is -0.553. The van der Waals surface area contributed by atoms with Crippen LogP contribution in [-0.2, 0) is 4.79 Å². The molecule has 0 aromatic carbocycles. The van der Waals surface area contributed by atoms with E-state index in [9.17, 15) is 9.90 Å². The quantitative estimate of drug-likeness (QED) is 0.774. The lowest BCUT2D eigenvalue weighted by Crippen LogP contribution is -2.54. The first-order valence-corrected chi connectivity index (χ1v) is 7.10. The Labute approximate surface area is 104 Å². The zero-order valence-electron chi connectivity index (χ0n) is 11.1. The fraction of sp³-hybridized carbons (Fsp3) is 0.929. The van der Waals surface area contributed by atoms with Gasteiger partial charge in [0.25, 0.3) is 0 Å². The van der Waals surface area contributed by atoms with Gasteiger partial charge in [0.05, 0.1) is 0 Å². The normalized spacial score (nSPS) is 31.6. The van der Waals surface area contributed by atoms with Gasteiger partial charge in [0.1, 0.15) is 5.54 Å². The highest BCUT2D eigenvalue weighted by atomic mass is 16.4. The fourth-order valence-corrected chi connectivity index (χ4v) is 3.52. The highest BCUT2D eigenvalue weighted by molar-refractivity contribution is 5.79. The predicted octanol–water partition coefficient (Wildman–Crippen LogP) is 2.89.